The van der Waals surface area contributed by atoms with Gasteiger partial charge in [-0.1, -0.05) is 0 Å². The van der Waals surface area contributed by atoms with Crippen molar-refractivity contribution in [1.82, 2.24) is 15.0 Å². The fourth-order valence-corrected chi connectivity index (χ4v) is 3.56. The van der Waals surface area contributed by atoms with Crippen molar-refractivity contribution < 1.29 is 20.4 Å². The normalized spacial score (nSPS) is 10.8. The Morgan fingerprint density at radius 3 is 1.43 bits per heavy atom. The number of nitroso groups, excluding NO2 is 2. The highest BCUT2D eigenvalue weighted by molar-refractivity contribution is 5.81. The van der Waals surface area contributed by atoms with Gasteiger partial charge in [-0.15, -0.1) is 9.81 Å². The lowest BCUT2D eigenvalue weighted by Gasteiger charge is -2.13. The topological polar surface area (TPSA) is 178 Å². The summed E-state index contributed by atoms with van der Waals surface area (Å²) in [4.78, 5) is 36.0. The van der Waals surface area contributed by atoms with Crippen LogP contribution in [0.3, 0.4) is 0 Å². The van der Waals surface area contributed by atoms with E-state index in [2.05, 4.69) is 25.3 Å². The number of benzene rings is 3. The van der Waals surface area contributed by atoms with E-state index in [0.717, 1.165) is 0 Å². The van der Waals surface area contributed by atoms with Gasteiger partial charge in [0.1, 0.15) is 34.4 Å². The van der Waals surface area contributed by atoms with Crippen LogP contribution in [0.5, 0.6) is 23.0 Å². The summed E-state index contributed by atoms with van der Waals surface area (Å²) in [6.45, 7) is 4.52. The van der Waals surface area contributed by atoms with Gasteiger partial charge in [0.2, 0.25) is 0 Å². The van der Waals surface area contributed by atoms with Crippen molar-refractivity contribution in [2.75, 3.05) is 0 Å². The summed E-state index contributed by atoms with van der Waals surface area (Å²) in [5.41, 5.74) is 1.01. The van der Waals surface area contributed by atoms with Crippen molar-refractivity contribution in [1.29, 1.82) is 0 Å². The molecule has 35 heavy (non-hydrogen) atoms. The summed E-state index contributed by atoms with van der Waals surface area (Å²) in [6.07, 6.45) is 0. The minimum atomic E-state index is -0.273. The SMILES string of the molecule is Cc1c(O)ccc(-c2nc(-c3ccc(O)c(C)c3O)nc(-c3ccc(N=O)c(C)c3N=O)n2)c1O. The Bertz CT molecular complexity index is 1440. The van der Waals surface area contributed by atoms with Crippen molar-refractivity contribution in [3.05, 3.63) is 62.9 Å². The quantitative estimate of drug-likeness (QED) is 0.275. The number of phenols is 4. The van der Waals surface area contributed by atoms with Gasteiger partial charge in [0.05, 0.1) is 11.1 Å². The zero-order valence-corrected chi connectivity index (χ0v) is 18.8. The highest BCUT2D eigenvalue weighted by Gasteiger charge is 2.22. The van der Waals surface area contributed by atoms with Crippen molar-refractivity contribution in [3.8, 4) is 57.2 Å². The fraction of sp³-hybridized carbons (Fsp3) is 0.125. The predicted molar refractivity (Wildman–Crippen MR) is 128 cm³/mol. The van der Waals surface area contributed by atoms with E-state index in [9.17, 15) is 30.2 Å². The van der Waals surface area contributed by atoms with Crippen molar-refractivity contribution in [2.24, 2.45) is 10.4 Å². The molecule has 0 aliphatic heterocycles. The average molecular weight is 473 g/mol. The number of aromatic nitrogens is 3. The van der Waals surface area contributed by atoms with Crippen LogP contribution in [-0.2, 0) is 0 Å². The second kappa shape index (κ2) is 8.78. The lowest BCUT2D eigenvalue weighted by molar-refractivity contribution is 0.443. The molecule has 0 unspecified atom stereocenters. The maximum absolute atomic E-state index is 11.7. The molecule has 0 saturated heterocycles. The second-order valence-corrected chi connectivity index (χ2v) is 7.81. The molecule has 1 aromatic heterocycles. The van der Waals surface area contributed by atoms with E-state index in [1.54, 1.807) is 0 Å². The summed E-state index contributed by atoms with van der Waals surface area (Å²) in [5, 5.41) is 47.1. The second-order valence-electron chi connectivity index (χ2n) is 7.81. The molecule has 0 amide bonds. The Labute approximate surface area is 198 Å². The minimum absolute atomic E-state index is 0.0245. The first-order chi connectivity index (χ1) is 16.7. The molecule has 0 fully saturated rings. The zero-order chi connectivity index (χ0) is 25.4. The number of phenolic OH excluding ortho intramolecular Hbond substituents is 4. The number of rotatable bonds is 5. The molecule has 0 atom stereocenters. The van der Waals surface area contributed by atoms with Gasteiger partial charge in [0.25, 0.3) is 0 Å². The summed E-state index contributed by atoms with van der Waals surface area (Å²) in [6, 6.07) is 8.34. The van der Waals surface area contributed by atoms with Crippen LogP contribution in [0.2, 0.25) is 0 Å². The molecule has 4 aromatic rings. The van der Waals surface area contributed by atoms with E-state index in [1.165, 1.54) is 57.2 Å². The van der Waals surface area contributed by atoms with Gasteiger partial charge in [-0.3, -0.25) is 0 Å². The first kappa shape index (κ1) is 23.2. The minimum Gasteiger partial charge on any atom is -0.508 e. The zero-order valence-electron chi connectivity index (χ0n) is 18.8. The molecule has 1 heterocycles. The Kier molecular flexibility index (Phi) is 5.83. The summed E-state index contributed by atoms with van der Waals surface area (Å²) in [7, 11) is 0. The average Bonchev–Trinajstić information content (AvgIpc) is 2.85. The van der Waals surface area contributed by atoms with Crippen LogP contribution >= 0.6 is 0 Å². The number of nitrogens with zero attached hydrogens (tertiary/aromatic N) is 5. The van der Waals surface area contributed by atoms with E-state index in [0.29, 0.717) is 0 Å². The molecule has 0 aliphatic rings. The highest BCUT2D eigenvalue weighted by atomic mass is 16.3. The first-order valence-electron chi connectivity index (χ1n) is 10.3. The predicted octanol–water partition coefficient (Wildman–Crippen LogP) is 5.42. The van der Waals surface area contributed by atoms with Gasteiger partial charge in [-0.2, -0.15) is 0 Å². The van der Waals surface area contributed by atoms with Crippen LogP contribution < -0.4 is 0 Å². The van der Waals surface area contributed by atoms with Crippen molar-refractivity contribution >= 4 is 11.4 Å². The monoisotopic (exact) mass is 473 g/mol. The Morgan fingerprint density at radius 1 is 0.571 bits per heavy atom. The van der Waals surface area contributed by atoms with Gasteiger partial charge >= 0.3 is 0 Å². The van der Waals surface area contributed by atoms with E-state index in [4.69, 9.17) is 0 Å². The molecule has 0 saturated carbocycles. The molecule has 0 radical (unpaired) electrons. The van der Waals surface area contributed by atoms with Crippen LogP contribution in [0.1, 0.15) is 16.7 Å². The molecular weight excluding hydrogens is 454 g/mol. The summed E-state index contributed by atoms with van der Waals surface area (Å²) < 4.78 is 0. The highest BCUT2D eigenvalue weighted by Crippen LogP contribution is 2.41. The van der Waals surface area contributed by atoms with Crippen LogP contribution in [0.4, 0.5) is 11.4 Å². The lowest BCUT2D eigenvalue weighted by atomic mass is 10.0. The molecule has 176 valence electrons. The maximum atomic E-state index is 11.7. The Morgan fingerprint density at radius 2 is 1.00 bits per heavy atom. The summed E-state index contributed by atoms with van der Waals surface area (Å²) in [5.74, 6) is -0.893. The molecule has 4 rings (SSSR count). The van der Waals surface area contributed by atoms with Gasteiger partial charge in [-0.05, 0) is 67.5 Å². The Balaban J connectivity index is 2.07. The summed E-state index contributed by atoms with van der Waals surface area (Å²) >= 11 is 0. The fourth-order valence-electron chi connectivity index (χ4n) is 3.56. The van der Waals surface area contributed by atoms with Crippen molar-refractivity contribution in [2.45, 2.75) is 20.8 Å². The molecule has 11 nitrogen and oxygen atoms in total. The van der Waals surface area contributed by atoms with Gasteiger partial charge in [-0.25, -0.2) is 15.0 Å². The van der Waals surface area contributed by atoms with Gasteiger partial charge < -0.3 is 20.4 Å². The van der Waals surface area contributed by atoms with Gasteiger partial charge in [0.15, 0.2) is 17.5 Å². The number of aromatic hydroxyl groups is 4. The molecular formula is C24H19N5O6. The largest absolute Gasteiger partial charge is 0.508 e. The van der Waals surface area contributed by atoms with E-state index >= 15 is 0 Å². The molecule has 0 aliphatic carbocycles. The number of hydrogen-bond donors (Lipinski definition) is 4. The van der Waals surface area contributed by atoms with Crippen LogP contribution in [-0.4, -0.2) is 35.4 Å². The van der Waals surface area contributed by atoms with Crippen LogP contribution in [0.15, 0.2) is 46.8 Å². The molecule has 0 spiro atoms. The lowest BCUT2D eigenvalue weighted by Crippen LogP contribution is -2.01. The third-order valence-corrected chi connectivity index (χ3v) is 5.75. The standard InChI is InChI=1S/C24H19N5O6/c1-10-16(28-34)7-4-13(19(10)29-35)22-25-23(14-5-8-17(30)11(2)20(14)32)27-24(26-22)15-6-9-18(31)12(3)21(15)33/h4-9,30-33H,1-3H3. The van der Waals surface area contributed by atoms with Crippen molar-refractivity contribution in [3.63, 3.8) is 0 Å². The maximum Gasteiger partial charge on any atom is 0.167 e. The molecule has 4 N–H and O–H groups in total. The van der Waals surface area contributed by atoms with E-state index in [-0.39, 0.29) is 85.2 Å². The third-order valence-electron chi connectivity index (χ3n) is 5.75. The van der Waals surface area contributed by atoms with Crippen LogP contribution in [0.25, 0.3) is 34.2 Å². The number of hydrogen-bond acceptors (Lipinski definition) is 11. The third kappa shape index (κ3) is 3.88. The Hall–Kier alpha value is -4.93. The molecule has 3 aromatic carbocycles. The molecule has 0 bridgehead atoms. The smallest absolute Gasteiger partial charge is 0.167 e. The first-order valence-corrected chi connectivity index (χ1v) is 10.3. The van der Waals surface area contributed by atoms with Gasteiger partial charge in [0, 0.05) is 22.3 Å². The van der Waals surface area contributed by atoms with E-state index < -0.39 is 0 Å². The molecule has 11 heteroatoms. The van der Waals surface area contributed by atoms with E-state index in [1.807, 2.05) is 0 Å². The van der Waals surface area contributed by atoms with Crippen LogP contribution in [0, 0.1) is 30.6 Å².